The van der Waals surface area contributed by atoms with Crippen LogP contribution in [0.4, 0.5) is 0 Å². The standard InChI is InChI=1S/C15H19N3O/c16-10-13-4-6-14(7-5-13)11-17-12-15(19)18-8-2-1-3-9-18/h4-7,17H,1-3,8-9,11-12H2. The molecule has 19 heavy (non-hydrogen) atoms. The van der Waals surface area contributed by atoms with E-state index in [4.69, 9.17) is 5.26 Å². The van der Waals surface area contributed by atoms with E-state index in [9.17, 15) is 4.79 Å². The molecule has 1 fully saturated rings. The molecule has 0 spiro atoms. The maximum absolute atomic E-state index is 11.9. The summed E-state index contributed by atoms with van der Waals surface area (Å²) in [7, 11) is 0. The summed E-state index contributed by atoms with van der Waals surface area (Å²) < 4.78 is 0. The molecule has 0 saturated carbocycles. The molecule has 1 N–H and O–H groups in total. The number of piperidine rings is 1. The third-order valence-corrected chi connectivity index (χ3v) is 3.40. The number of nitrogens with one attached hydrogen (secondary N) is 1. The summed E-state index contributed by atoms with van der Waals surface area (Å²) in [5.41, 5.74) is 1.75. The van der Waals surface area contributed by atoms with Gasteiger partial charge in [0.1, 0.15) is 0 Å². The van der Waals surface area contributed by atoms with Crippen molar-refractivity contribution in [2.45, 2.75) is 25.8 Å². The maximum Gasteiger partial charge on any atom is 0.236 e. The van der Waals surface area contributed by atoms with Crippen molar-refractivity contribution in [3.8, 4) is 6.07 Å². The Bertz CT molecular complexity index is 455. The second kappa shape index (κ2) is 6.91. The molecule has 1 amide bonds. The monoisotopic (exact) mass is 257 g/mol. The van der Waals surface area contributed by atoms with Crippen molar-refractivity contribution in [1.29, 1.82) is 5.26 Å². The third-order valence-electron chi connectivity index (χ3n) is 3.40. The molecule has 1 aliphatic heterocycles. The van der Waals surface area contributed by atoms with E-state index < -0.39 is 0 Å². The number of amides is 1. The smallest absolute Gasteiger partial charge is 0.236 e. The molecule has 4 nitrogen and oxygen atoms in total. The summed E-state index contributed by atoms with van der Waals surface area (Å²) in [6, 6.07) is 9.51. The number of nitriles is 1. The van der Waals surface area contributed by atoms with Crippen LogP contribution >= 0.6 is 0 Å². The van der Waals surface area contributed by atoms with Crippen molar-refractivity contribution in [3.63, 3.8) is 0 Å². The topological polar surface area (TPSA) is 56.1 Å². The fraction of sp³-hybridized carbons (Fsp3) is 0.467. The van der Waals surface area contributed by atoms with Crippen LogP contribution in [0.3, 0.4) is 0 Å². The molecule has 0 unspecified atom stereocenters. The van der Waals surface area contributed by atoms with Gasteiger partial charge in [-0.15, -0.1) is 0 Å². The van der Waals surface area contributed by atoms with Gasteiger partial charge in [-0.3, -0.25) is 4.79 Å². The molecule has 0 aliphatic carbocycles. The number of nitrogens with zero attached hydrogens (tertiary/aromatic N) is 2. The zero-order valence-electron chi connectivity index (χ0n) is 11.1. The predicted molar refractivity (Wildman–Crippen MR) is 73.3 cm³/mol. The predicted octanol–water partition coefficient (Wildman–Crippen LogP) is 1.66. The minimum absolute atomic E-state index is 0.188. The van der Waals surface area contributed by atoms with Crippen LogP contribution in [0.5, 0.6) is 0 Å². The van der Waals surface area contributed by atoms with Crippen LogP contribution in [-0.2, 0) is 11.3 Å². The molecule has 1 saturated heterocycles. The van der Waals surface area contributed by atoms with Crippen LogP contribution in [-0.4, -0.2) is 30.4 Å². The van der Waals surface area contributed by atoms with Crippen molar-refractivity contribution in [2.75, 3.05) is 19.6 Å². The van der Waals surface area contributed by atoms with E-state index in [0.29, 0.717) is 18.7 Å². The second-order valence-corrected chi connectivity index (χ2v) is 4.85. The first kappa shape index (κ1) is 13.6. The van der Waals surface area contributed by atoms with Crippen LogP contribution in [0.25, 0.3) is 0 Å². The van der Waals surface area contributed by atoms with Gasteiger partial charge in [-0.2, -0.15) is 5.26 Å². The normalized spacial score (nSPS) is 15.0. The first-order chi connectivity index (χ1) is 9.29. The lowest BCUT2D eigenvalue weighted by Crippen LogP contribution is -2.40. The largest absolute Gasteiger partial charge is 0.342 e. The Hall–Kier alpha value is -1.86. The van der Waals surface area contributed by atoms with Gasteiger partial charge in [-0.05, 0) is 37.0 Å². The van der Waals surface area contributed by atoms with E-state index in [1.807, 2.05) is 17.0 Å². The molecule has 0 atom stereocenters. The summed E-state index contributed by atoms with van der Waals surface area (Å²) in [5.74, 6) is 0.188. The average Bonchev–Trinajstić information content (AvgIpc) is 2.49. The highest BCUT2D eigenvalue weighted by Gasteiger charge is 2.15. The van der Waals surface area contributed by atoms with Gasteiger partial charge in [-0.1, -0.05) is 12.1 Å². The summed E-state index contributed by atoms with van der Waals surface area (Å²) in [4.78, 5) is 13.8. The highest BCUT2D eigenvalue weighted by molar-refractivity contribution is 5.78. The van der Waals surface area contributed by atoms with Crippen LogP contribution in [0.2, 0.25) is 0 Å². The van der Waals surface area contributed by atoms with Gasteiger partial charge >= 0.3 is 0 Å². The maximum atomic E-state index is 11.9. The van der Waals surface area contributed by atoms with E-state index >= 15 is 0 Å². The van der Waals surface area contributed by atoms with E-state index in [0.717, 1.165) is 31.5 Å². The van der Waals surface area contributed by atoms with Crippen molar-refractivity contribution in [1.82, 2.24) is 10.2 Å². The van der Waals surface area contributed by atoms with E-state index in [1.165, 1.54) is 6.42 Å². The Balaban J connectivity index is 1.73. The molecular weight excluding hydrogens is 238 g/mol. The number of likely N-dealkylation sites (tertiary alicyclic amines) is 1. The lowest BCUT2D eigenvalue weighted by molar-refractivity contribution is -0.131. The first-order valence-electron chi connectivity index (χ1n) is 6.77. The fourth-order valence-corrected chi connectivity index (χ4v) is 2.27. The van der Waals surface area contributed by atoms with Gasteiger partial charge in [0.05, 0.1) is 18.2 Å². The molecule has 0 aromatic heterocycles. The van der Waals surface area contributed by atoms with Gasteiger partial charge in [0.2, 0.25) is 5.91 Å². The van der Waals surface area contributed by atoms with E-state index in [2.05, 4.69) is 11.4 Å². The number of carbonyl (C=O) groups excluding carboxylic acids is 1. The SMILES string of the molecule is N#Cc1ccc(CNCC(=O)N2CCCCC2)cc1. The average molecular weight is 257 g/mol. The Labute approximate surface area is 114 Å². The highest BCUT2D eigenvalue weighted by Crippen LogP contribution is 2.08. The Morgan fingerprint density at radius 1 is 1.21 bits per heavy atom. The lowest BCUT2D eigenvalue weighted by Gasteiger charge is -2.26. The quantitative estimate of drug-likeness (QED) is 0.892. The highest BCUT2D eigenvalue weighted by atomic mass is 16.2. The summed E-state index contributed by atoms with van der Waals surface area (Å²) in [6.45, 7) is 2.85. The summed E-state index contributed by atoms with van der Waals surface area (Å²) in [6.07, 6.45) is 3.49. The van der Waals surface area contributed by atoms with E-state index in [-0.39, 0.29) is 5.91 Å². The van der Waals surface area contributed by atoms with Gasteiger partial charge < -0.3 is 10.2 Å². The van der Waals surface area contributed by atoms with Crippen LogP contribution < -0.4 is 5.32 Å². The zero-order valence-corrected chi connectivity index (χ0v) is 11.1. The Morgan fingerprint density at radius 2 is 1.89 bits per heavy atom. The first-order valence-corrected chi connectivity index (χ1v) is 6.77. The van der Waals surface area contributed by atoms with Gasteiger partial charge in [0, 0.05) is 19.6 Å². The molecular formula is C15H19N3O. The van der Waals surface area contributed by atoms with Crippen LogP contribution in [0, 0.1) is 11.3 Å². The number of rotatable bonds is 4. The van der Waals surface area contributed by atoms with E-state index in [1.54, 1.807) is 12.1 Å². The van der Waals surface area contributed by atoms with Crippen molar-refractivity contribution in [2.24, 2.45) is 0 Å². The van der Waals surface area contributed by atoms with Crippen LogP contribution in [0.15, 0.2) is 24.3 Å². The molecule has 2 rings (SSSR count). The zero-order chi connectivity index (χ0) is 13.5. The third kappa shape index (κ3) is 4.08. The molecule has 100 valence electrons. The summed E-state index contributed by atoms with van der Waals surface area (Å²) in [5, 5.41) is 11.9. The number of hydrogen-bond donors (Lipinski definition) is 1. The van der Waals surface area contributed by atoms with Crippen molar-refractivity contribution < 1.29 is 4.79 Å². The molecule has 4 heteroatoms. The molecule has 1 aliphatic rings. The number of carbonyl (C=O) groups is 1. The molecule has 1 aromatic rings. The van der Waals surface area contributed by atoms with Crippen LogP contribution in [0.1, 0.15) is 30.4 Å². The van der Waals surface area contributed by atoms with Crippen molar-refractivity contribution >= 4 is 5.91 Å². The van der Waals surface area contributed by atoms with Crippen molar-refractivity contribution in [3.05, 3.63) is 35.4 Å². The van der Waals surface area contributed by atoms with Gasteiger partial charge in [0.15, 0.2) is 0 Å². The number of benzene rings is 1. The second-order valence-electron chi connectivity index (χ2n) is 4.85. The number of hydrogen-bond acceptors (Lipinski definition) is 3. The Morgan fingerprint density at radius 3 is 2.53 bits per heavy atom. The molecule has 0 radical (unpaired) electrons. The van der Waals surface area contributed by atoms with Gasteiger partial charge in [-0.25, -0.2) is 0 Å². The molecule has 0 bridgehead atoms. The molecule has 1 heterocycles. The molecule has 1 aromatic carbocycles. The summed E-state index contributed by atoms with van der Waals surface area (Å²) >= 11 is 0. The minimum atomic E-state index is 0.188. The fourth-order valence-electron chi connectivity index (χ4n) is 2.27. The van der Waals surface area contributed by atoms with Gasteiger partial charge in [0.25, 0.3) is 0 Å². The Kier molecular flexibility index (Phi) is 4.93. The minimum Gasteiger partial charge on any atom is -0.342 e. The lowest BCUT2D eigenvalue weighted by atomic mass is 10.1.